The van der Waals surface area contributed by atoms with Crippen LogP contribution in [0.3, 0.4) is 0 Å². The molecule has 2 rings (SSSR count). The maximum Gasteiger partial charge on any atom is 0.277 e. The van der Waals surface area contributed by atoms with E-state index < -0.39 is 15.7 Å². The molecule has 0 aliphatic heterocycles. The zero-order valence-corrected chi connectivity index (χ0v) is 12.2. The molecule has 20 heavy (non-hydrogen) atoms. The van der Waals surface area contributed by atoms with E-state index in [0.717, 1.165) is 11.3 Å². The van der Waals surface area contributed by atoms with Gasteiger partial charge in [-0.05, 0) is 19.1 Å². The minimum atomic E-state index is -3.58. The van der Waals surface area contributed by atoms with E-state index in [-0.39, 0.29) is 10.8 Å². The van der Waals surface area contributed by atoms with Crippen molar-refractivity contribution in [2.45, 2.75) is 17.7 Å². The molecule has 0 atom stereocenters. The number of sulfone groups is 1. The predicted molar refractivity (Wildman–Crippen MR) is 73.6 cm³/mol. The number of nitrogens with two attached hydrogens (primary N) is 1. The van der Waals surface area contributed by atoms with Gasteiger partial charge in [-0.15, -0.1) is 11.3 Å². The fraction of sp³-hybridized carbons (Fsp3) is 0.182. The summed E-state index contributed by atoms with van der Waals surface area (Å²) in [4.78, 5) is 19.7. The van der Waals surface area contributed by atoms with Gasteiger partial charge in [0.15, 0.2) is 5.03 Å². The summed E-state index contributed by atoms with van der Waals surface area (Å²) in [5.41, 5.74) is 2.45. The molecule has 0 aliphatic carbocycles. The number of thiazole rings is 1. The number of aromatic nitrogens is 2. The standard InChI is InChI=1S/C11H12N4O3S2/c1-7-10(11(16)15-12)19-8(14-7)6-20(17,18)9-4-2-3-5-13-9/h2-5H,6,12H2,1H3,(H,15,16). The minimum Gasteiger partial charge on any atom is -0.289 e. The summed E-state index contributed by atoms with van der Waals surface area (Å²) >= 11 is 1.00. The lowest BCUT2D eigenvalue weighted by Crippen LogP contribution is -2.29. The molecule has 0 spiro atoms. The van der Waals surface area contributed by atoms with Gasteiger partial charge in [-0.1, -0.05) is 6.07 Å². The van der Waals surface area contributed by atoms with E-state index in [1.54, 1.807) is 19.1 Å². The molecule has 2 aromatic heterocycles. The van der Waals surface area contributed by atoms with Gasteiger partial charge >= 0.3 is 0 Å². The fourth-order valence-corrected chi connectivity index (χ4v) is 4.07. The van der Waals surface area contributed by atoms with Crippen LogP contribution in [0.15, 0.2) is 29.4 Å². The quantitative estimate of drug-likeness (QED) is 0.480. The number of aryl methyl sites for hydroxylation is 1. The van der Waals surface area contributed by atoms with E-state index in [0.29, 0.717) is 15.6 Å². The van der Waals surface area contributed by atoms with Crippen molar-refractivity contribution >= 4 is 27.1 Å². The molecule has 9 heteroatoms. The molecular formula is C11H12N4O3S2. The van der Waals surface area contributed by atoms with E-state index in [1.807, 2.05) is 5.43 Å². The highest BCUT2D eigenvalue weighted by Crippen LogP contribution is 2.22. The fourth-order valence-electron chi connectivity index (χ4n) is 1.56. The van der Waals surface area contributed by atoms with Crippen molar-refractivity contribution in [1.29, 1.82) is 0 Å². The minimum absolute atomic E-state index is 0.0160. The first-order chi connectivity index (χ1) is 9.44. The van der Waals surface area contributed by atoms with Crippen molar-refractivity contribution < 1.29 is 13.2 Å². The van der Waals surface area contributed by atoms with Crippen LogP contribution >= 0.6 is 11.3 Å². The first kappa shape index (κ1) is 14.6. The summed E-state index contributed by atoms with van der Waals surface area (Å²) in [6.07, 6.45) is 1.41. The highest BCUT2D eigenvalue weighted by Gasteiger charge is 2.21. The van der Waals surface area contributed by atoms with E-state index in [4.69, 9.17) is 5.84 Å². The van der Waals surface area contributed by atoms with Crippen molar-refractivity contribution in [2.75, 3.05) is 0 Å². The van der Waals surface area contributed by atoms with Gasteiger partial charge in [0.05, 0.1) is 5.69 Å². The lowest BCUT2D eigenvalue weighted by Gasteiger charge is -2.00. The normalized spacial score (nSPS) is 11.3. The Hall–Kier alpha value is -1.84. The molecule has 3 N–H and O–H groups in total. The monoisotopic (exact) mass is 312 g/mol. The second kappa shape index (κ2) is 5.65. The number of hydrazine groups is 1. The second-order valence-electron chi connectivity index (χ2n) is 3.92. The number of pyridine rings is 1. The Kier molecular flexibility index (Phi) is 4.12. The first-order valence-electron chi connectivity index (χ1n) is 5.55. The maximum absolute atomic E-state index is 12.1. The Labute approximate surface area is 119 Å². The Morgan fingerprint density at radius 2 is 2.20 bits per heavy atom. The lowest BCUT2D eigenvalue weighted by atomic mass is 10.4. The smallest absolute Gasteiger partial charge is 0.277 e. The summed E-state index contributed by atoms with van der Waals surface area (Å²) < 4.78 is 24.3. The van der Waals surface area contributed by atoms with Gasteiger partial charge in [-0.2, -0.15) is 0 Å². The SMILES string of the molecule is Cc1nc(CS(=O)(=O)c2ccccn2)sc1C(=O)NN. The largest absolute Gasteiger partial charge is 0.289 e. The summed E-state index contributed by atoms with van der Waals surface area (Å²) in [7, 11) is -3.58. The molecule has 0 saturated heterocycles. The van der Waals surface area contributed by atoms with Crippen molar-refractivity contribution in [1.82, 2.24) is 15.4 Å². The molecule has 0 saturated carbocycles. The van der Waals surface area contributed by atoms with Crippen LogP contribution in [0.5, 0.6) is 0 Å². The van der Waals surface area contributed by atoms with Gasteiger partial charge < -0.3 is 0 Å². The number of carbonyl (C=O) groups excluding carboxylic acids is 1. The van der Waals surface area contributed by atoms with E-state index in [2.05, 4.69) is 9.97 Å². The molecule has 0 fully saturated rings. The number of rotatable bonds is 4. The van der Waals surface area contributed by atoms with E-state index in [9.17, 15) is 13.2 Å². The third-order valence-electron chi connectivity index (χ3n) is 2.45. The van der Waals surface area contributed by atoms with Crippen molar-refractivity contribution in [3.63, 3.8) is 0 Å². The van der Waals surface area contributed by atoms with Crippen molar-refractivity contribution in [3.05, 3.63) is 40.0 Å². The zero-order chi connectivity index (χ0) is 14.8. The Morgan fingerprint density at radius 1 is 1.45 bits per heavy atom. The zero-order valence-electron chi connectivity index (χ0n) is 10.5. The topological polar surface area (TPSA) is 115 Å². The van der Waals surface area contributed by atoms with Gasteiger partial charge in [0.1, 0.15) is 15.6 Å². The Bertz CT molecular complexity index is 725. The van der Waals surface area contributed by atoms with Gasteiger partial charge in [0.2, 0.25) is 9.84 Å². The van der Waals surface area contributed by atoms with Crippen LogP contribution < -0.4 is 11.3 Å². The van der Waals surface area contributed by atoms with Crippen LogP contribution in [0.25, 0.3) is 0 Å². The highest BCUT2D eigenvalue weighted by atomic mass is 32.2. The molecule has 0 aliphatic rings. The number of carbonyl (C=O) groups is 1. The summed E-state index contributed by atoms with van der Waals surface area (Å²) in [5.74, 6) is 4.27. The molecule has 0 aromatic carbocycles. The average Bonchev–Trinajstić information content (AvgIpc) is 2.79. The van der Waals surface area contributed by atoms with Gasteiger partial charge in [0.25, 0.3) is 5.91 Å². The van der Waals surface area contributed by atoms with Gasteiger partial charge in [-0.3, -0.25) is 10.2 Å². The summed E-state index contributed by atoms with van der Waals surface area (Å²) in [6, 6.07) is 4.65. The number of hydrogen-bond donors (Lipinski definition) is 2. The molecule has 2 heterocycles. The van der Waals surface area contributed by atoms with Crippen LogP contribution in [-0.2, 0) is 15.6 Å². The van der Waals surface area contributed by atoms with Crippen LogP contribution in [0.2, 0.25) is 0 Å². The van der Waals surface area contributed by atoms with Crippen LogP contribution in [0, 0.1) is 6.92 Å². The second-order valence-corrected chi connectivity index (χ2v) is 6.94. The van der Waals surface area contributed by atoms with Crippen LogP contribution in [0.1, 0.15) is 20.4 Å². The van der Waals surface area contributed by atoms with Crippen molar-refractivity contribution in [3.8, 4) is 0 Å². The molecule has 7 nitrogen and oxygen atoms in total. The number of nitrogens with zero attached hydrogens (tertiary/aromatic N) is 2. The molecule has 0 bridgehead atoms. The van der Waals surface area contributed by atoms with Gasteiger partial charge in [-0.25, -0.2) is 24.2 Å². The van der Waals surface area contributed by atoms with Crippen molar-refractivity contribution in [2.24, 2.45) is 5.84 Å². The van der Waals surface area contributed by atoms with Crippen LogP contribution in [0.4, 0.5) is 0 Å². The number of nitrogen functional groups attached to an aromatic ring is 1. The average molecular weight is 312 g/mol. The first-order valence-corrected chi connectivity index (χ1v) is 8.02. The number of nitrogens with one attached hydrogen (secondary N) is 1. The number of hydrogen-bond acceptors (Lipinski definition) is 7. The summed E-state index contributed by atoms with van der Waals surface area (Å²) in [6.45, 7) is 1.62. The maximum atomic E-state index is 12.1. The Morgan fingerprint density at radius 3 is 2.80 bits per heavy atom. The molecule has 0 radical (unpaired) electrons. The molecule has 106 valence electrons. The molecule has 1 amide bonds. The van der Waals surface area contributed by atoms with Crippen LogP contribution in [-0.4, -0.2) is 24.3 Å². The summed E-state index contributed by atoms with van der Waals surface area (Å²) in [5, 5.41) is 0.310. The van der Waals surface area contributed by atoms with Gasteiger partial charge in [0, 0.05) is 6.20 Å². The third-order valence-corrected chi connectivity index (χ3v) is 5.32. The lowest BCUT2D eigenvalue weighted by molar-refractivity contribution is 0.0957. The van der Waals surface area contributed by atoms with E-state index >= 15 is 0 Å². The number of amides is 1. The predicted octanol–water partition coefficient (Wildman–Crippen LogP) is 0.424. The molecule has 0 unspecified atom stereocenters. The highest BCUT2D eigenvalue weighted by molar-refractivity contribution is 7.90. The third kappa shape index (κ3) is 3.00. The molecular weight excluding hydrogens is 300 g/mol. The molecule has 2 aromatic rings. The Balaban J connectivity index is 2.29. The van der Waals surface area contributed by atoms with E-state index in [1.165, 1.54) is 12.3 Å².